The van der Waals surface area contributed by atoms with Crippen molar-refractivity contribution < 1.29 is 14.4 Å². The molecule has 1 aromatic carbocycles. The fraction of sp³-hybridized carbons (Fsp3) is 0.550. The van der Waals surface area contributed by atoms with Gasteiger partial charge < -0.3 is 15.5 Å². The van der Waals surface area contributed by atoms with Crippen molar-refractivity contribution in [3.63, 3.8) is 0 Å². The van der Waals surface area contributed by atoms with Crippen LogP contribution in [0.5, 0.6) is 0 Å². The summed E-state index contributed by atoms with van der Waals surface area (Å²) in [4.78, 5) is 39.9. The van der Waals surface area contributed by atoms with Crippen molar-refractivity contribution in [2.75, 3.05) is 39.3 Å². The van der Waals surface area contributed by atoms with E-state index in [2.05, 4.69) is 15.5 Å². The molecule has 1 unspecified atom stereocenters. The minimum Gasteiger partial charge on any atom is -0.355 e. The summed E-state index contributed by atoms with van der Waals surface area (Å²) < 4.78 is 0. The number of hydrogen-bond acceptors (Lipinski definition) is 4. The molecule has 1 saturated heterocycles. The van der Waals surface area contributed by atoms with Gasteiger partial charge in [0.15, 0.2) is 0 Å². The number of aryl methyl sites for hydroxylation is 1. The highest BCUT2D eigenvalue weighted by molar-refractivity contribution is 5.80. The van der Waals surface area contributed by atoms with E-state index in [4.69, 9.17) is 0 Å². The minimum atomic E-state index is -0.330. The van der Waals surface area contributed by atoms with Crippen molar-refractivity contribution in [3.8, 4) is 0 Å². The molecule has 1 heterocycles. The van der Waals surface area contributed by atoms with Crippen LogP contribution >= 0.6 is 0 Å². The van der Waals surface area contributed by atoms with Crippen molar-refractivity contribution in [1.82, 2.24) is 20.4 Å². The molecular weight excluding hydrogens is 344 g/mol. The Bertz CT molecular complexity index is 652. The summed E-state index contributed by atoms with van der Waals surface area (Å²) in [5, 5.41) is 5.68. The van der Waals surface area contributed by atoms with Gasteiger partial charge in [0.2, 0.25) is 17.7 Å². The van der Waals surface area contributed by atoms with Crippen LogP contribution in [0.2, 0.25) is 0 Å². The summed E-state index contributed by atoms with van der Waals surface area (Å²) in [5.41, 5.74) is 2.06. The van der Waals surface area contributed by atoms with Crippen LogP contribution < -0.4 is 10.6 Å². The molecule has 7 heteroatoms. The molecule has 3 amide bonds. The van der Waals surface area contributed by atoms with Crippen LogP contribution in [-0.2, 0) is 14.4 Å². The van der Waals surface area contributed by atoms with Crippen LogP contribution in [0.15, 0.2) is 24.3 Å². The molecule has 148 valence electrons. The van der Waals surface area contributed by atoms with E-state index in [1.54, 1.807) is 0 Å². The van der Waals surface area contributed by atoms with Gasteiger partial charge in [-0.05, 0) is 19.4 Å². The molecule has 2 rings (SSSR count). The van der Waals surface area contributed by atoms with Gasteiger partial charge in [0.25, 0.3) is 0 Å². The molecule has 1 atom stereocenters. The van der Waals surface area contributed by atoms with Crippen molar-refractivity contribution in [1.29, 1.82) is 0 Å². The van der Waals surface area contributed by atoms with E-state index in [0.717, 1.165) is 11.1 Å². The van der Waals surface area contributed by atoms with Gasteiger partial charge in [-0.3, -0.25) is 19.3 Å². The third-order valence-corrected chi connectivity index (χ3v) is 4.70. The Morgan fingerprint density at radius 2 is 1.70 bits per heavy atom. The largest absolute Gasteiger partial charge is 0.355 e. The van der Waals surface area contributed by atoms with Gasteiger partial charge in [-0.2, -0.15) is 0 Å². The normalized spacial score (nSPS) is 15.9. The zero-order valence-corrected chi connectivity index (χ0v) is 16.5. The standard InChI is InChI=1S/C20H30N4O3/c1-4-21-19(26)14-23-9-11-24(12-10-23)20(27)13-18(22-16(3)25)17-7-5-15(2)6-8-17/h5-8,18H,4,9-14H2,1-3H3,(H,21,26)(H,22,25). The molecule has 0 saturated carbocycles. The Balaban J connectivity index is 1.91. The van der Waals surface area contributed by atoms with E-state index < -0.39 is 0 Å². The molecule has 1 fully saturated rings. The highest BCUT2D eigenvalue weighted by atomic mass is 16.2. The number of nitrogens with zero attached hydrogens (tertiary/aromatic N) is 2. The SMILES string of the molecule is CCNC(=O)CN1CCN(C(=O)CC(NC(C)=O)c2ccc(C)cc2)CC1. The number of benzene rings is 1. The Labute approximate surface area is 161 Å². The average molecular weight is 374 g/mol. The molecule has 1 aromatic rings. The fourth-order valence-electron chi connectivity index (χ4n) is 3.21. The van der Waals surface area contributed by atoms with Crippen molar-refractivity contribution in [3.05, 3.63) is 35.4 Å². The number of piperazine rings is 1. The summed E-state index contributed by atoms with van der Waals surface area (Å²) in [6.45, 7) is 8.91. The lowest BCUT2D eigenvalue weighted by molar-refractivity contribution is -0.134. The molecule has 27 heavy (non-hydrogen) atoms. The Hall–Kier alpha value is -2.41. The second kappa shape index (κ2) is 10.1. The molecule has 0 radical (unpaired) electrons. The maximum atomic E-state index is 12.7. The summed E-state index contributed by atoms with van der Waals surface area (Å²) in [7, 11) is 0. The Kier molecular flexibility index (Phi) is 7.79. The summed E-state index contributed by atoms with van der Waals surface area (Å²) >= 11 is 0. The van der Waals surface area contributed by atoms with Crippen LogP contribution in [-0.4, -0.2) is 66.8 Å². The first-order valence-electron chi connectivity index (χ1n) is 9.49. The smallest absolute Gasteiger partial charge is 0.234 e. The number of nitrogens with one attached hydrogen (secondary N) is 2. The van der Waals surface area contributed by atoms with E-state index in [1.165, 1.54) is 6.92 Å². The minimum absolute atomic E-state index is 0.0161. The van der Waals surface area contributed by atoms with E-state index in [1.807, 2.05) is 43.0 Å². The fourth-order valence-corrected chi connectivity index (χ4v) is 3.21. The molecule has 0 aromatic heterocycles. The second-order valence-corrected chi connectivity index (χ2v) is 6.98. The molecule has 0 spiro atoms. The quantitative estimate of drug-likeness (QED) is 0.741. The van der Waals surface area contributed by atoms with Crippen LogP contribution in [0.3, 0.4) is 0 Å². The zero-order chi connectivity index (χ0) is 19.8. The highest BCUT2D eigenvalue weighted by Gasteiger charge is 2.25. The predicted molar refractivity (Wildman–Crippen MR) is 104 cm³/mol. The van der Waals surface area contributed by atoms with Crippen LogP contribution in [0.25, 0.3) is 0 Å². The van der Waals surface area contributed by atoms with Gasteiger partial charge in [-0.25, -0.2) is 0 Å². The monoisotopic (exact) mass is 374 g/mol. The van der Waals surface area contributed by atoms with Crippen molar-refractivity contribution in [2.24, 2.45) is 0 Å². The van der Waals surface area contributed by atoms with E-state index in [9.17, 15) is 14.4 Å². The summed E-state index contributed by atoms with van der Waals surface area (Å²) in [6.07, 6.45) is 0.235. The van der Waals surface area contributed by atoms with Gasteiger partial charge in [0, 0.05) is 39.6 Å². The predicted octanol–water partition coefficient (Wildman–Crippen LogP) is 0.843. The third-order valence-electron chi connectivity index (χ3n) is 4.70. The van der Waals surface area contributed by atoms with E-state index in [-0.39, 0.29) is 30.2 Å². The topological polar surface area (TPSA) is 81.8 Å². The van der Waals surface area contributed by atoms with E-state index >= 15 is 0 Å². The Morgan fingerprint density at radius 3 is 2.26 bits per heavy atom. The molecule has 0 aliphatic carbocycles. The maximum absolute atomic E-state index is 12.7. The van der Waals surface area contributed by atoms with Crippen molar-refractivity contribution in [2.45, 2.75) is 33.2 Å². The highest BCUT2D eigenvalue weighted by Crippen LogP contribution is 2.19. The maximum Gasteiger partial charge on any atom is 0.234 e. The lowest BCUT2D eigenvalue weighted by Crippen LogP contribution is -2.51. The van der Waals surface area contributed by atoms with Gasteiger partial charge >= 0.3 is 0 Å². The van der Waals surface area contributed by atoms with Gasteiger partial charge in [-0.1, -0.05) is 29.8 Å². The molecule has 2 N–H and O–H groups in total. The number of rotatable bonds is 7. The molecule has 1 aliphatic rings. The first kappa shape index (κ1) is 20.9. The van der Waals surface area contributed by atoms with Gasteiger partial charge in [0.05, 0.1) is 19.0 Å². The summed E-state index contributed by atoms with van der Waals surface area (Å²) in [5.74, 6) is -0.116. The lowest BCUT2D eigenvalue weighted by atomic mass is 10.0. The summed E-state index contributed by atoms with van der Waals surface area (Å²) in [6, 6.07) is 7.54. The Morgan fingerprint density at radius 1 is 1.07 bits per heavy atom. The lowest BCUT2D eigenvalue weighted by Gasteiger charge is -2.35. The number of carbonyl (C=O) groups is 3. The number of hydrogen-bond donors (Lipinski definition) is 2. The number of likely N-dealkylation sites (N-methyl/N-ethyl adjacent to an activating group) is 1. The first-order valence-corrected chi connectivity index (χ1v) is 9.49. The van der Waals surface area contributed by atoms with Crippen LogP contribution in [0.4, 0.5) is 0 Å². The molecular formula is C20H30N4O3. The average Bonchev–Trinajstić information content (AvgIpc) is 2.62. The van der Waals surface area contributed by atoms with Crippen molar-refractivity contribution >= 4 is 17.7 Å². The molecule has 7 nitrogen and oxygen atoms in total. The number of carbonyl (C=O) groups excluding carboxylic acids is 3. The zero-order valence-electron chi connectivity index (χ0n) is 16.5. The molecule has 1 aliphatic heterocycles. The second-order valence-electron chi connectivity index (χ2n) is 6.98. The van der Waals surface area contributed by atoms with Crippen LogP contribution in [0.1, 0.15) is 37.4 Å². The third kappa shape index (κ3) is 6.67. The van der Waals surface area contributed by atoms with Gasteiger partial charge in [0.1, 0.15) is 0 Å². The van der Waals surface area contributed by atoms with Gasteiger partial charge in [-0.15, -0.1) is 0 Å². The number of amides is 3. The molecule has 0 bridgehead atoms. The van der Waals surface area contributed by atoms with Crippen LogP contribution in [0, 0.1) is 6.92 Å². The first-order chi connectivity index (χ1) is 12.9. The van der Waals surface area contributed by atoms with E-state index in [0.29, 0.717) is 39.3 Å².